The standard InChI is InChI=1S/2C34H20N2O.C30H18N2O/c1-2-9-22(10-3-1)32-28-18-14-21-8-4-5-11-26(21)33(28)36-34(35-32)24-15-17-25-23(20-24)16-19-30-31(25)27-12-6-7-13-29(27)37-30;1-2-9-22(10-3-1)33-32-25-11-5-4-8-21(25)15-18-28(32)35-34(36-33)24-14-17-26-23(20-24)16-19-30-31(26)27-12-6-7-13-29(27)37-30;1-2-8-19(9-3-1)29-23-10-4-6-12-25(23)31-30(32-29)21-14-16-22-20(18-21)15-17-27-28(22)24-11-5-7-13-26(24)33-27/h2*1-20H;1-18H. The van der Waals surface area contributed by atoms with E-state index in [0.717, 1.165) is 193 Å². The molecule has 0 atom stereocenters. The van der Waals surface area contributed by atoms with Crippen LogP contribution >= 0.6 is 0 Å². The van der Waals surface area contributed by atoms with Gasteiger partial charge < -0.3 is 13.3 Å². The van der Waals surface area contributed by atoms with Crippen LogP contribution in [0.2, 0.25) is 0 Å². The summed E-state index contributed by atoms with van der Waals surface area (Å²) in [6.07, 6.45) is 0. The summed E-state index contributed by atoms with van der Waals surface area (Å²) in [6, 6.07) is 121. The van der Waals surface area contributed by atoms with Crippen molar-refractivity contribution in [3.05, 3.63) is 352 Å². The molecule has 0 aliphatic rings. The summed E-state index contributed by atoms with van der Waals surface area (Å²) in [5, 5.41) is 21.6. The second-order valence-electron chi connectivity index (χ2n) is 27.1. The Labute approximate surface area is 611 Å². The number of rotatable bonds is 6. The minimum absolute atomic E-state index is 0.723. The number of para-hydroxylation sites is 4. The van der Waals surface area contributed by atoms with Crippen molar-refractivity contribution < 1.29 is 13.3 Å². The van der Waals surface area contributed by atoms with Gasteiger partial charge in [-0.25, -0.2) is 29.9 Å². The minimum Gasteiger partial charge on any atom is -0.456 e. The van der Waals surface area contributed by atoms with E-state index in [1.165, 1.54) is 26.9 Å². The van der Waals surface area contributed by atoms with Crippen LogP contribution in [0.1, 0.15) is 0 Å². The number of benzene rings is 17. The molecule has 0 amide bonds. The Bertz CT molecular complexity index is 7520. The highest BCUT2D eigenvalue weighted by Crippen LogP contribution is 2.43. The second-order valence-corrected chi connectivity index (χ2v) is 27.1. The van der Waals surface area contributed by atoms with Crippen molar-refractivity contribution in [2.45, 2.75) is 0 Å². The van der Waals surface area contributed by atoms with Crippen LogP contribution < -0.4 is 0 Å². The summed E-state index contributed by atoms with van der Waals surface area (Å²) in [5.74, 6) is 2.18. The molecule has 23 aromatic rings. The van der Waals surface area contributed by atoms with Crippen molar-refractivity contribution in [1.82, 2.24) is 29.9 Å². The van der Waals surface area contributed by atoms with E-state index < -0.39 is 0 Å². The first-order valence-corrected chi connectivity index (χ1v) is 35.9. The number of hydrogen-bond acceptors (Lipinski definition) is 9. The predicted octanol–water partition coefficient (Wildman–Crippen LogP) is 26.4. The van der Waals surface area contributed by atoms with E-state index >= 15 is 0 Å². The van der Waals surface area contributed by atoms with Crippen molar-refractivity contribution in [2.24, 2.45) is 0 Å². The molecule has 0 unspecified atom stereocenters. The number of furan rings is 3. The van der Waals surface area contributed by atoms with Gasteiger partial charge in [0.2, 0.25) is 0 Å². The van der Waals surface area contributed by atoms with Crippen molar-refractivity contribution >= 4 is 152 Å². The first-order chi connectivity index (χ1) is 53.0. The molecule has 107 heavy (non-hydrogen) atoms. The molecule has 0 aliphatic carbocycles. The molecule has 23 rings (SSSR count). The average Bonchev–Trinajstić information content (AvgIpc) is 1.75. The van der Waals surface area contributed by atoms with Crippen LogP contribution in [-0.2, 0) is 0 Å². The Morgan fingerprint density at radius 2 is 0.505 bits per heavy atom. The highest BCUT2D eigenvalue weighted by molar-refractivity contribution is 6.22. The lowest BCUT2D eigenvalue weighted by Crippen LogP contribution is -1.96. The summed E-state index contributed by atoms with van der Waals surface area (Å²) < 4.78 is 18.3. The van der Waals surface area contributed by atoms with Gasteiger partial charge in [0.05, 0.1) is 33.6 Å². The summed E-state index contributed by atoms with van der Waals surface area (Å²) in [5.41, 5.74) is 17.4. The first kappa shape index (κ1) is 61.2. The molecule has 0 radical (unpaired) electrons. The molecule has 0 N–H and O–H groups in total. The normalized spacial score (nSPS) is 11.7. The molecule has 9 nitrogen and oxygen atoms in total. The zero-order chi connectivity index (χ0) is 70.5. The Hall–Kier alpha value is -14.5. The summed E-state index contributed by atoms with van der Waals surface area (Å²) in [6.45, 7) is 0. The predicted molar refractivity (Wildman–Crippen MR) is 441 cm³/mol. The van der Waals surface area contributed by atoms with E-state index in [-0.39, 0.29) is 0 Å². The third kappa shape index (κ3) is 10.5. The van der Waals surface area contributed by atoms with Crippen molar-refractivity contribution in [2.75, 3.05) is 0 Å². The van der Waals surface area contributed by atoms with Gasteiger partial charge in [-0.15, -0.1) is 0 Å². The van der Waals surface area contributed by atoms with Crippen molar-refractivity contribution in [1.29, 1.82) is 0 Å². The SMILES string of the molecule is c1ccc(-c2nc(-c3ccc4c(ccc5oc6ccccc6c54)c3)nc3c2ccc2ccccc23)cc1.c1ccc(-c2nc(-c3ccc4c(ccc5oc6ccccc6c54)c3)nc3ccc4ccccc4c23)cc1.c1ccc(-c2nc(-c3ccc4c(ccc5oc6ccccc6c54)c3)nc3ccccc23)cc1. The highest BCUT2D eigenvalue weighted by atomic mass is 16.3. The molecule has 0 saturated carbocycles. The summed E-state index contributed by atoms with van der Waals surface area (Å²) >= 11 is 0. The van der Waals surface area contributed by atoms with E-state index in [0.29, 0.717) is 0 Å². The molecule has 0 aliphatic heterocycles. The average molecular weight is 1370 g/mol. The van der Waals surface area contributed by atoms with Crippen LogP contribution in [0, 0.1) is 0 Å². The largest absolute Gasteiger partial charge is 0.456 e. The monoisotopic (exact) mass is 1370 g/mol. The lowest BCUT2D eigenvalue weighted by Gasteiger charge is -2.12. The van der Waals surface area contributed by atoms with Crippen LogP contribution in [0.3, 0.4) is 0 Å². The van der Waals surface area contributed by atoms with Crippen LogP contribution in [0.25, 0.3) is 220 Å². The molecule has 6 aromatic heterocycles. The Morgan fingerprint density at radius 1 is 0.168 bits per heavy atom. The molecular formula is C98H58N6O3. The van der Waals surface area contributed by atoms with Gasteiger partial charge in [-0.05, 0) is 121 Å². The zero-order valence-corrected chi connectivity index (χ0v) is 57.4. The molecule has 0 bridgehead atoms. The van der Waals surface area contributed by atoms with Crippen molar-refractivity contribution in [3.8, 4) is 67.9 Å². The van der Waals surface area contributed by atoms with Gasteiger partial charge in [0, 0.05) is 87.2 Å². The van der Waals surface area contributed by atoms with Gasteiger partial charge in [0.25, 0.3) is 0 Å². The maximum Gasteiger partial charge on any atom is 0.160 e. The Morgan fingerprint density at radius 3 is 1.00 bits per heavy atom. The van der Waals surface area contributed by atoms with Crippen LogP contribution in [0.4, 0.5) is 0 Å². The van der Waals surface area contributed by atoms with Gasteiger partial charge >= 0.3 is 0 Å². The topological polar surface area (TPSA) is 117 Å². The van der Waals surface area contributed by atoms with Gasteiger partial charge in [-0.2, -0.15) is 0 Å². The van der Waals surface area contributed by atoms with E-state index in [1.54, 1.807) is 0 Å². The van der Waals surface area contributed by atoms with Crippen molar-refractivity contribution in [3.63, 3.8) is 0 Å². The quantitative estimate of drug-likeness (QED) is 0.150. The van der Waals surface area contributed by atoms with Crippen LogP contribution in [0.5, 0.6) is 0 Å². The molecule has 17 aromatic carbocycles. The lowest BCUT2D eigenvalue weighted by molar-refractivity contribution is 0.669. The molecule has 498 valence electrons. The summed E-state index contributed by atoms with van der Waals surface area (Å²) in [4.78, 5) is 30.4. The van der Waals surface area contributed by atoms with E-state index in [1.807, 2.05) is 78.9 Å². The zero-order valence-electron chi connectivity index (χ0n) is 57.4. The lowest BCUT2D eigenvalue weighted by atomic mass is 9.99. The maximum absolute atomic E-state index is 6.10. The van der Waals surface area contributed by atoms with E-state index in [9.17, 15) is 0 Å². The first-order valence-electron chi connectivity index (χ1n) is 35.9. The summed E-state index contributed by atoms with van der Waals surface area (Å²) in [7, 11) is 0. The molecule has 0 saturated heterocycles. The smallest absolute Gasteiger partial charge is 0.160 e. The fraction of sp³-hybridized carbons (Fsp3) is 0. The number of fused-ring (bicyclic) bond motifs is 22. The van der Waals surface area contributed by atoms with E-state index in [2.05, 4.69) is 273 Å². The maximum atomic E-state index is 6.10. The molecule has 0 spiro atoms. The van der Waals surface area contributed by atoms with Crippen LogP contribution in [0.15, 0.2) is 365 Å². The molecule has 0 fully saturated rings. The third-order valence-corrected chi connectivity index (χ3v) is 20.8. The number of hydrogen-bond donors (Lipinski definition) is 0. The van der Waals surface area contributed by atoms with Gasteiger partial charge in [0.1, 0.15) is 33.5 Å². The third-order valence-electron chi connectivity index (χ3n) is 20.8. The number of nitrogens with zero attached hydrogens (tertiary/aromatic N) is 6. The van der Waals surface area contributed by atoms with E-state index in [4.69, 9.17) is 43.2 Å². The highest BCUT2D eigenvalue weighted by Gasteiger charge is 2.21. The Kier molecular flexibility index (Phi) is 14.4. The minimum atomic E-state index is 0.723. The fourth-order valence-corrected chi connectivity index (χ4v) is 15.7. The molecule has 9 heteroatoms. The van der Waals surface area contributed by atoms with Gasteiger partial charge in [0.15, 0.2) is 17.5 Å². The van der Waals surface area contributed by atoms with Crippen LogP contribution in [-0.4, -0.2) is 29.9 Å². The molecule has 6 heterocycles. The molecular weight excluding hydrogens is 1310 g/mol. The second kappa shape index (κ2) is 25.2. The Balaban J connectivity index is 0.000000103. The fourth-order valence-electron chi connectivity index (χ4n) is 15.7. The van der Waals surface area contributed by atoms with Gasteiger partial charge in [-0.1, -0.05) is 279 Å². The van der Waals surface area contributed by atoms with Gasteiger partial charge in [-0.3, -0.25) is 0 Å². The number of aromatic nitrogens is 6.